The lowest BCUT2D eigenvalue weighted by Gasteiger charge is -2.13. The topological polar surface area (TPSA) is 122 Å². The summed E-state index contributed by atoms with van der Waals surface area (Å²) in [6.45, 7) is -0.155. The summed E-state index contributed by atoms with van der Waals surface area (Å²) in [6, 6.07) is 9.59. The first-order chi connectivity index (χ1) is 15.1. The molecule has 2 aromatic carbocycles. The van der Waals surface area contributed by atoms with Crippen LogP contribution in [-0.2, 0) is 0 Å². The number of aliphatic hydroxyl groups excluding tert-OH is 1. The second-order valence-corrected chi connectivity index (χ2v) is 6.24. The average Bonchev–Trinajstić information content (AvgIpc) is 2.72. The molecule has 0 saturated carbocycles. The predicted molar refractivity (Wildman–Crippen MR) is 106 cm³/mol. The van der Waals surface area contributed by atoms with Crippen LogP contribution in [0.1, 0.15) is 0 Å². The monoisotopic (exact) mass is 453 g/mol. The first kappa shape index (κ1) is 22.7. The molecule has 0 spiro atoms. The molecule has 0 bridgehead atoms. The van der Waals surface area contributed by atoms with Gasteiger partial charge in [0.2, 0.25) is 11.8 Å². The van der Waals surface area contributed by atoms with Crippen molar-refractivity contribution in [1.29, 1.82) is 0 Å². The van der Waals surface area contributed by atoms with Crippen molar-refractivity contribution in [3.05, 3.63) is 64.5 Å². The van der Waals surface area contributed by atoms with Crippen LogP contribution in [0.2, 0.25) is 0 Å². The van der Waals surface area contributed by atoms with Gasteiger partial charge in [0.05, 0.1) is 17.2 Å². The van der Waals surface area contributed by atoms with Crippen molar-refractivity contribution in [3.63, 3.8) is 0 Å². The number of nitrogens with zero attached hydrogens (tertiary/aromatic N) is 3. The molecular weight excluding hydrogens is 438 g/mol. The van der Waals surface area contributed by atoms with E-state index in [4.69, 9.17) is 5.11 Å². The number of hydrogen-bond acceptors (Lipinski definition) is 8. The number of nitro benzene ring substituents is 1. The van der Waals surface area contributed by atoms with Gasteiger partial charge in [-0.1, -0.05) is 12.1 Å². The number of nitro groups is 1. The molecule has 3 aromatic rings. The zero-order valence-electron chi connectivity index (χ0n) is 16.1. The van der Waals surface area contributed by atoms with Crippen molar-refractivity contribution in [3.8, 4) is 17.0 Å². The molecule has 0 aliphatic rings. The van der Waals surface area contributed by atoms with Crippen molar-refractivity contribution in [2.75, 3.05) is 23.8 Å². The smallest absolute Gasteiger partial charge is 0.406 e. The van der Waals surface area contributed by atoms with E-state index >= 15 is 0 Å². The van der Waals surface area contributed by atoms with Gasteiger partial charge in [-0.25, -0.2) is 4.98 Å². The third-order valence-electron chi connectivity index (χ3n) is 3.90. The molecule has 1 heterocycles. The number of aliphatic hydroxyl groups is 1. The molecule has 1 aromatic heterocycles. The number of rotatable bonds is 8. The highest BCUT2D eigenvalue weighted by Crippen LogP contribution is 2.30. The zero-order chi connectivity index (χ0) is 23.3. The van der Waals surface area contributed by atoms with Crippen LogP contribution in [-0.4, -0.2) is 39.5 Å². The van der Waals surface area contributed by atoms with Gasteiger partial charge in [0.1, 0.15) is 11.6 Å². The molecule has 0 aliphatic heterocycles. The van der Waals surface area contributed by atoms with Gasteiger partial charge in [-0.3, -0.25) is 10.1 Å². The van der Waals surface area contributed by atoms with Gasteiger partial charge < -0.3 is 20.5 Å². The van der Waals surface area contributed by atoms with E-state index in [-0.39, 0.29) is 41.9 Å². The summed E-state index contributed by atoms with van der Waals surface area (Å²) in [7, 11) is 0. The van der Waals surface area contributed by atoms with E-state index in [0.29, 0.717) is 0 Å². The largest absolute Gasteiger partial charge is 0.573 e. The quantitative estimate of drug-likeness (QED) is 0.263. The van der Waals surface area contributed by atoms with E-state index in [0.717, 1.165) is 24.3 Å². The predicted octanol–water partition coefficient (Wildman–Crippen LogP) is 4.24. The number of anilines is 3. The Morgan fingerprint density at radius 3 is 2.59 bits per heavy atom. The average molecular weight is 453 g/mol. The van der Waals surface area contributed by atoms with Gasteiger partial charge in [-0.05, 0) is 24.3 Å². The highest BCUT2D eigenvalue weighted by atomic mass is 19.4. The van der Waals surface area contributed by atoms with Crippen molar-refractivity contribution in [1.82, 2.24) is 9.97 Å². The molecule has 3 N–H and O–H groups in total. The summed E-state index contributed by atoms with van der Waals surface area (Å²) in [5.74, 6) is -1.34. The maximum absolute atomic E-state index is 13.6. The summed E-state index contributed by atoms with van der Waals surface area (Å²) < 4.78 is 55.1. The molecule has 3 rings (SSSR count). The van der Waals surface area contributed by atoms with Crippen LogP contribution >= 0.6 is 0 Å². The van der Waals surface area contributed by atoms with E-state index in [1.54, 1.807) is 0 Å². The maximum atomic E-state index is 13.6. The number of halogens is 4. The molecule has 13 heteroatoms. The SMILES string of the molecule is O=[N+]([O-])c1cc(Nc2cc(-c3cccc(OC(F)(F)F)c3)nc(NCCO)n2)ccc1F. The van der Waals surface area contributed by atoms with Crippen molar-refractivity contribution in [2.24, 2.45) is 0 Å². The van der Waals surface area contributed by atoms with Gasteiger partial charge in [-0.15, -0.1) is 13.2 Å². The van der Waals surface area contributed by atoms with Gasteiger partial charge in [0, 0.05) is 29.9 Å². The van der Waals surface area contributed by atoms with Crippen molar-refractivity contribution >= 4 is 23.1 Å². The molecule has 0 aliphatic carbocycles. The fraction of sp³-hybridized carbons (Fsp3) is 0.158. The Morgan fingerprint density at radius 1 is 1.12 bits per heavy atom. The minimum Gasteiger partial charge on any atom is -0.406 e. The molecule has 0 fully saturated rings. The Hall–Kier alpha value is -4.00. The normalized spacial score (nSPS) is 11.2. The number of ether oxygens (including phenoxy) is 1. The number of nitrogens with one attached hydrogen (secondary N) is 2. The first-order valence-corrected chi connectivity index (χ1v) is 8.95. The van der Waals surface area contributed by atoms with E-state index in [9.17, 15) is 27.7 Å². The van der Waals surface area contributed by atoms with Crippen molar-refractivity contribution < 1.29 is 32.3 Å². The summed E-state index contributed by atoms with van der Waals surface area (Å²) in [5, 5.41) is 25.5. The summed E-state index contributed by atoms with van der Waals surface area (Å²) in [6.07, 6.45) is -4.87. The lowest BCUT2D eigenvalue weighted by molar-refractivity contribution is -0.387. The highest BCUT2D eigenvalue weighted by Gasteiger charge is 2.31. The molecule has 0 unspecified atom stereocenters. The van der Waals surface area contributed by atoms with E-state index < -0.39 is 28.5 Å². The van der Waals surface area contributed by atoms with Crippen LogP contribution in [0.3, 0.4) is 0 Å². The lowest BCUT2D eigenvalue weighted by Crippen LogP contribution is -2.17. The molecule has 0 saturated heterocycles. The molecular formula is C19H15F4N5O4. The minimum absolute atomic E-state index is 0.0257. The van der Waals surface area contributed by atoms with Crippen LogP contribution in [0, 0.1) is 15.9 Å². The molecule has 32 heavy (non-hydrogen) atoms. The Bertz CT molecular complexity index is 1130. The number of hydrogen-bond donors (Lipinski definition) is 3. The third kappa shape index (κ3) is 6.01. The van der Waals surface area contributed by atoms with Crippen LogP contribution in [0.25, 0.3) is 11.3 Å². The number of aromatic nitrogens is 2. The Balaban J connectivity index is 1.98. The molecule has 168 valence electrons. The zero-order valence-corrected chi connectivity index (χ0v) is 16.1. The standard InChI is InChI=1S/C19H15F4N5O4/c20-14-5-4-12(9-16(14)28(30)31)25-17-10-15(26-18(27-17)24-6-7-29)11-2-1-3-13(8-11)32-19(21,22)23/h1-5,8-10,29H,6-7H2,(H2,24,25,26,27). The fourth-order valence-electron chi connectivity index (χ4n) is 2.64. The third-order valence-corrected chi connectivity index (χ3v) is 3.90. The second kappa shape index (κ2) is 9.43. The van der Waals surface area contributed by atoms with Crippen molar-refractivity contribution in [2.45, 2.75) is 6.36 Å². The van der Waals surface area contributed by atoms with E-state index in [1.165, 1.54) is 24.3 Å². The van der Waals surface area contributed by atoms with E-state index in [1.807, 2.05) is 0 Å². The summed E-state index contributed by atoms with van der Waals surface area (Å²) >= 11 is 0. The Kier molecular flexibility index (Phi) is 6.68. The highest BCUT2D eigenvalue weighted by molar-refractivity contribution is 5.69. The van der Waals surface area contributed by atoms with Gasteiger partial charge in [0.25, 0.3) is 0 Å². The van der Waals surface area contributed by atoms with Crippen LogP contribution < -0.4 is 15.4 Å². The fourth-order valence-corrected chi connectivity index (χ4v) is 2.64. The summed E-state index contributed by atoms with van der Waals surface area (Å²) in [4.78, 5) is 18.4. The molecule has 0 radical (unpaired) electrons. The number of benzene rings is 2. The Labute approximate surface area is 177 Å². The second-order valence-electron chi connectivity index (χ2n) is 6.24. The summed E-state index contributed by atoms with van der Waals surface area (Å²) in [5.41, 5.74) is -0.161. The Morgan fingerprint density at radius 2 is 1.91 bits per heavy atom. The van der Waals surface area contributed by atoms with Gasteiger partial charge in [0.15, 0.2) is 0 Å². The first-order valence-electron chi connectivity index (χ1n) is 8.95. The minimum atomic E-state index is -4.87. The van der Waals surface area contributed by atoms with Crippen LogP contribution in [0.4, 0.5) is 40.7 Å². The molecule has 9 nitrogen and oxygen atoms in total. The molecule has 0 amide bonds. The van der Waals surface area contributed by atoms with E-state index in [2.05, 4.69) is 25.3 Å². The van der Waals surface area contributed by atoms with Gasteiger partial charge in [-0.2, -0.15) is 9.37 Å². The molecule has 0 atom stereocenters. The lowest BCUT2D eigenvalue weighted by atomic mass is 10.1. The maximum Gasteiger partial charge on any atom is 0.573 e. The van der Waals surface area contributed by atoms with Crippen LogP contribution in [0.5, 0.6) is 5.75 Å². The van der Waals surface area contributed by atoms with Gasteiger partial charge >= 0.3 is 12.0 Å². The number of alkyl halides is 3. The van der Waals surface area contributed by atoms with Crippen LogP contribution in [0.15, 0.2) is 48.5 Å².